The average Bonchev–Trinajstić information content (AvgIpc) is 2.34. The molecular weight excluding hydrogens is 263 g/mol. The van der Waals surface area contributed by atoms with Gasteiger partial charge in [-0.3, -0.25) is 4.99 Å². The number of benzene rings is 1. The quantitative estimate of drug-likeness (QED) is 0.753. The molecule has 0 unspecified atom stereocenters. The van der Waals surface area contributed by atoms with Crippen molar-refractivity contribution in [2.24, 2.45) is 4.99 Å². The summed E-state index contributed by atoms with van der Waals surface area (Å²) < 4.78 is 14.3. The molecule has 0 aliphatic heterocycles. The summed E-state index contributed by atoms with van der Waals surface area (Å²) in [6, 6.07) is 8.11. The number of aryl methyl sites for hydroxylation is 1. The molecule has 0 saturated heterocycles. The summed E-state index contributed by atoms with van der Waals surface area (Å²) in [5.41, 5.74) is 2.86. The normalized spacial score (nSPS) is 13.2. The first-order valence-electron chi connectivity index (χ1n) is 7.08. The Morgan fingerprint density at radius 3 is 2.33 bits per heavy atom. The summed E-state index contributed by atoms with van der Waals surface area (Å²) in [6.07, 6.45) is 1.74. The first-order chi connectivity index (χ1) is 9.68. The smallest absolute Gasteiger partial charge is 0.146 e. The zero-order valence-electron chi connectivity index (χ0n) is 13.6. The first-order valence-corrected chi connectivity index (χ1v) is 7.08. The average molecular weight is 288 g/mol. The van der Waals surface area contributed by atoms with Gasteiger partial charge in [0.1, 0.15) is 5.67 Å². The van der Waals surface area contributed by atoms with Gasteiger partial charge in [0.2, 0.25) is 0 Å². The Balaban J connectivity index is 2.95. The molecule has 0 radical (unpaired) electrons. The fourth-order valence-corrected chi connectivity index (χ4v) is 1.85. The minimum absolute atomic E-state index is 0.425. The van der Waals surface area contributed by atoms with Gasteiger partial charge in [0, 0.05) is 11.4 Å². The summed E-state index contributed by atoms with van der Waals surface area (Å²) in [7, 11) is 0. The summed E-state index contributed by atoms with van der Waals surface area (Å²) in [4.78, 5) is 4.44. The second-order valence-corrected chi connectivity index (χ2v) is 5.89. The Hall–Kier alpha value is -1.90. The number of alkyl halides is 1. The monoisotopic (exact) mass is 288 g/mol. The molecule has 3 heteroatoms. The van der Waals surface area contributed by atoms with E-state index in [0.717, 1.165) is 17.0 Å². The first kappa shape index (κ1) is 17.2. The molecule has 0 saturated carbocycles. The van der Waals surface area contributed by atoms with Crippen LogP contribution in [0.4, 0.5) is 4.39 Å². The molecule has 0 fully saturated rings. The van der Waals surface area contributed by atoms with E-state index in [1.165, 1.54) is 19.4 Å². The van der Waals surface area contributed by atoms with Crippen molar-refractivity contribution < 1.29 is 4.39 Å². The number of nitrogens with one attached hydrogen (secondary N) is 1. The zero-order chi connectivity index (χ0) is 16.0. The van der Waals surface area contributed by atoms with Gasteiger partial charge in [0.25, 0.3) is 0 Å². The highest BCUT2D eigenvalue weighted by Crippen LogP contribution is 2.15. The van der Waals surface area contributed by atoms with Crippen molar-refractivity contribution in [2.75, 3.05) is 0 Å². The predicted molar refractivity (Wildman–Crippen MR) is 89.2 cm³/mol. The van der Waals surface area contributed by atoms with Gasteiger partial charge in [-0.05, 0) is 46.3 Å². The van der Waals surface area contributed by atoms with Crippen LogP contribution in [0.3, 0.4) is 0 Å². The Morgan fingerprint density at radius 1 is 1.29 bits per heavy atom. The second-order valence-electron chi connectivity index (χ2n) is 5.89. The van der Waals surface area contributed by atoms with E-state index in [0.29, 0.717) is 12.3 Å². The molecule has 1 N–H and O–H groups in total. The van der Waals surface area contributed by atoms with E-state index in [2.05, 4.69) is 16.9 Å². The highest BCUT2D eigenvalue weighted by molar-refractivity contribution is 6.01. The van der Waals surface area contributed by atoms with Gasteiger partial charge < -0.3 is 5.32 Å². The maximum absolute atomic E-state index is 14.3. The predicted octanol–water partition coefficient (Wildman–Crippen LogP) is 4.71. The fraction of sp³-hybridized carbons (Fsp3) is 0.389. The van der Waals surface area contributed by atoms with Gasteiger partial charge in [0.15, 0.2) is 0 Å². The van der Waals surface area contributed by atoms with Crippen LogP contribution in [0.1, 0.15) is 38.8 Å². The lowest BCUT2D eigenvalue weighted by Gasteiger charge is -2.16. The summed E-state index contributed by atoms with van der Waals surface area (Å²) in [6.45, 7) is 13.1. The van der Waals surface area contributed by atoms with Crippen molar-refractivity contribution in [3.8, 4) is 0 Å². The van der Waals surface area contributed by atoms with Crippen LogP contribution in [0.2, 0.25) is 0 Å². The Morgan fingerprint density at radius 2 is 1.86 bits per heavy atom. The lowest BCUT2D eigenvalue weighted by molar-refractivity contribution is 0.314. The van der Waals surface area contributed by atoms with E-state index in [-0.39, 0.29) is 0 Å². The third kappa shape index (κ3) is 6.39. The van der Waals surface area contributed by atoms with Crippen LogP contribution >= 0.6 is 0 Å². The van der Waals surface area contributed by atoms with Crippen LogP contribution in [-0.4, -0.2) is 11.4 Å². The summed E-state index contributed by atoms with van der Waals surface area (Å²) in [5.74, 6) is 0. The van der Waals surface area contributed by atoms with Crippen LogP contribution in [0, 0.1) is 6.92 Å². The SMILES string of the molecule is C=C(C)N/C(C)=C/C(=N\Cc1ccc(C)cc1)C(C)(C)F. The molecule has 0 heterocycles. The maximum Gasteiger partial charge on any atom is 0.146 e. The molecule has 0 amide bonds. The number of halogens is 1. The lowest BCUT2D eigenvalue weighted by atomic mass is 10.0. The van der Waals surface area contributed by atoms with Gasteiger partial charge in [0.05, 0.1) is 12.3 Å². The molecule has 114 valence electrons. The van der Waals surface area contributed by atoms with Gasteiger partial charge in [-0.1, -0.05) is 36.4 Å². The summed E-state index contributed by atoms with van der Waals surface area (Å²) >= 11 is 0. The van der Waals surface area contributed by atoms with Crippen molar-refractivity contribution in [1.29, 1.82) is 0 Å². The van der Waals surface area contributed by atoms with Crippen molar-refractivity contribution >= 4 is 5.71 Å². The highest BCUT2D eigenvalue weighted by atomic mass is 19.1. The van der Waals surface area contributed by atoms with E-state index >= 15 is 0 Å². The Labute approximate surface area is 127 Å². The molecule has 1 aromatic rings. The Kier molecular flexibility index (Phi) is 5.89. The van der Waals surface area contributed by atoms with Gasteiger partial charge in [-0.2, -0.15) is 0 Å². The van der Waals surface area contributed by atoms with Gasteiger partial charge in [-0.15, -0.1) is 0 Å². The molecule has 0 spiro atoms. The largest absolute Gasteiger partial charge is 0.363 e. The van der Waals surface area contributed by atoms with Crippen LogP contribution < -0.4 is 5.32 Å². The van der Waals surface area contributed by atoms with E-state index in [4.69, 9.17) is 0 Å². The summed E-state index contributed by atoms with van der Waals surface area (Å²) in [5, 5.41) is 3.07. The molecule has 0 bridgehead atoms. The van der Waals surface area contributed by atoms with Crippen molar-refractivity contribution in [1.82, 2.24) is 5.32 Å². The number of rotatable bonds is 6. The number of nitrogens with zero attached hydrogens (tertiary/aromatic N) is 1. The second kappa shape index (κ2) is 7.21. The van der Waals surface area contributed by atoms with Crippen LogP contribution in [0.15, 0.2) is 53.3 Å². The van der Waals surface area contributed by atoms with Crippen LogP contribution in [-0.2, 0) is 6.54 Å². The van der Waals surface area contributed by atoms with Crippen LogP contribution in [0.5, 0.6) is 0 Å². The van der Waals surface area contributed by atoms with Gasteiger partial charge >= 0.3 is 0 Å². The number of hydrogen-bond acceptors (Lipinski definition) is 2. The van der Waals surface area contributed by atoms with Crippen molar-refractivity contribution in [2.45, 2.75) is 46.8 Å². The molecule has 0 aliphatic rings. The van der Waals surface area contributed by atoms with Crippen LogP contribution in [0.25, 0.3) is 0 Å². The third-order valence-corrected chi connectivity index (χ3v) is 2.93. The van der Waals surface area contributed by atoms with Gasteiger partial charge in [-0.25, -0.2) is 4.39 Å². The maximum atomic E-state index is 14.3. The molecule has 21 heavy (non-hydrogen) atoms. The zero-order valence-corrected chi connectivity index (χ0v) is 13.6. The fourth-order valence-electron chi connectivity index (χ4n) is 1.85. The minimum atomic E-state index is -1.48. The highest BCUT2D eigenvalue weighted by Gasteiger charge is 2.22. The topological polar surface area (TPSA) is 24.4 Å². The van der Waals surface area contributed by atoms with E-state index in [1.807, 2.05) is 45.0 Å². The van der Waals surface area contributed by atoms with Crippen molar-refractivity contribution in [3.63, 3.8) is 0 Å². The number of hydrogen-bond donors (Lipinski definition) is 1. The van der Waals surface area contributed by atoms with E-state index in [9.17, 15) is 4.39 Å². The third-order valence-electron chi connectivity index (χ3n) is 2.93. The van der Waals surface area contributed by atoms with E-state index in [1.54, 1.807) is 6.08 Å². The minimum Gasteiger partial charge on any atom is -0.363 e. The molecule has 1 aromatic carbocycles. The lowest BCUT2D eigenvalue weighted by Crippen LogP contribution is -2.26. The Bertz CT molecular complexity index is 546. The molecular formula is C18H25FN2. The molecule has 1 rings (SSSR count). The standard InChI is InChI=1S/C18H25FN2/c1-13(2)21-15(4)11-17(18(5,6)19)20-12-16-9-7-14(3)8-10-16/h7-11,21H,1,12H2,2-6H3/b15-11+,20-17+. The number of allylic oxidation sites excluding steroid dienone is 3. The molecule has 2 nitrogen and oxygen atoms in total. The molecule has 0 aliphatic carbocycles. The number of aliphatic imine (C=N–C) groups is 1. The van der Waals surface area contributed by atoms with E-state index < -0.39 is 5.67 Å². The molecule has 0 atom stereocenters. The molecule has 0 aromatic heterocycles. The van der Waals surface area contributed by atoms with Crippen molar-refractivity contribution in [3.05, 3.63) is 59.4 Å².